The average Bonchev–Trinajstić information content (AvgIpc) is 2.56. The maximum atomic E-state index is 9.12. The Hall–Kier alpha value is -0.820. The fourth-order valence-electron chi connectivity index (χ4n) is 2.86. The smallest absolute Gasteiger partial charge is 0.0436 e. The minimum absolute atomic E-state index is 0.308. The average molecular weight is 218 g/mol. The maximum absolute atomic E-state index is 9.12. The van der Waals surface area contributed by atoms with Crippen LogP contribution in [0.2, 0.25) is 0 Å². The number of aliphatic hydroxyl groups is 1. The van der Waals surface area contributed by atoms with Gasteiger partial charge in [-0.05, 0) is 47.3 Å². The fraction of sp³-hybridized carbons (Fsp3) is 0.600. The molecule has 0 heterocycles. The molecular weight excluding hydrogens is 196 g/mol. The summed E-state index contributed by atoms with van der Waals surface area (Å²) in [7, 11) is 0. The van der Waals surface area contributed by atoms with Crippen LogP contribution in [0.5, 0.6) is 0 Å². The van der Waals surface area contributed by atoms with Crippen molar-refractivity contribution in [1.29, 1.82) is 0 Å². The minimum Gasteiger partial charge on any atom is -0.396 e. The highest BCUT2D eigenvalue weighted by Crippen LogP contribution is 2.43. The molecule has 0 bridgehead atoms. The van der Waals surface area contributed by atoms with Gasteiger partial charge in [-0.25, -0.2) is 0 Å². The van der Waals surface area contributed by atoms with Gasteiger partial charge in [0, 0.05) is 6.61 Å². The van der Waals surface area contributed by atoms with Crippen molar-refractivity contribution in [3.05, 3.63) is 34.9 Å². The second kappa shape index (κ2) is 4.58. The first-order valence-electron chi connectivity index (χ1n) is 6.38. The predicted octanol–water partition coefficient (Wildman–Crippen LogP) is 3.78. The monoisotopic (exact) mass is 218 g/mol. The van der Waals surface area contributed by atoms with Gasteiger partial charge in [0.2, 0.25) is 0 Å². The van der Waals surface area contributed by atoms with E-state index in [1.165, 1.54) is 23.1 Å². The number of hydrogen-bond donors (Lipinski definition) is 1. The molecule has 0 radical (unpaired) electrons. The molecule has 1 heteroatoms. The van der Waals surface area contributed by atoms with Gasteiger partial charge >= 0.3 is 0 Å². The molecule has 2 unspecified atom stereocenters. The topological polar surface area (TPSA) is 20.2 Å². The lowest BCUT2D eigenvalue weighted by atomic mass is 9.93. The first kappa shape index (κ1) is 11.7. The quantitative estimate of drug-likeness (QED) is 0.818. The molecule has 1 aromatic carbocycles. The summed E-state index contributed by atoms with van der Waals surface area (Å²) in [6.07, 6.45) is 2.12. The van der Waals surface area contributed by atoms with Crippen LogP contribution in [0.4, 0.5) is 0 Å². The van der Waals surface area contributed by atoms with Crippen LogP contribution in [0, 0.1) is 0 Å². The zero-order valence-electron chi connectivity index (χ0n) is 10.5. The van der Waals surface area contributed by atoms with Crippen LogP contribution in [-0.4, -0.2) is 11.7 Å². The van der Waals surface area contributed by atoms with Gasteiger partial charge < -0.3 is 5.11 Å². The second-order valence-electron chi connectivity index (χ2n) is 5.39. The molecule has 0 saturated carbocycles. The summed E-state index contributed by atoms with van der Waals surface area (Å²) in [5, 5.41) is 9.12. The number of fused-ring (bicyclic) bond motifs is 1. The van der Waals surface area contributed by atoms with Gasteiger partial charge in [-0.3, -0.25) is 0 Å². The molecule has 1 nitrogen and oxygen atoms in total. The zero-order valence-corrected chi connectivity index (χ0v) is 10.5. The van der Waals surface area contributed by atoms with Gasteiger partial charge in [0.25, 0.3) is 0 Å². The molecule has 1 N–H and O–H groups in total. The summed E-state index contributed by atoms with van der Waals surface area (Å²) in [5.74, 6) is 1.83. The van der Waals surface area contributed by atoms with Crippen molar-refractivity contribution in [2.24, 2.45) is 0 Å². The van der Waals surface area contributed by atoms with Crippen LogP contribution in [0.25, 0.3) is 0 Å². The largest absolute Gasteiger partial charge is 0.396 e. The lowest BCUT2D eigenvalue weighted by Gasteiger charge is -2.13. The molecule has 0 spiro atoms. The summed E-state index contributed by atoms with van der Waals surface area (Å²) in [6.45, 7) is 7.08. The van der Waals surface area contributed by atoms with Gasteiger partial charge in [0.15, 0.2) is 0 Å². The molecule has 1 aromatic rings. The summed E-state index contributed by atoms with van der Waals surface area (Å²) in [5.41, 5.74) is 4.42. The Balaban J connectivity index is 2.35. The normalized spacial score (nSPS) is 23.8. The SMILES string of the molecule is CC(C)c1ccc2c(c1)C(CCO)CC2C. The van der Waals surface area contributed by atoms with E-state index in [1.54, 1.807) is 0 Å². The van der Waals surface area contributed by atoms with E-state index in [4.69, 9.17) is 5.11 Å². The third kappa shape index (κ3) is 2.01. The van der Waals surface area contributed by atoms with Crippen LogP contribution in [0.1, 0.15) is 68.1 Å². The van der Waals surface area contributed by atoms with E-state index < -0.39 is 0 Å². The van der Waals surface area contributed by atoms with Crippen molar-refractivity contribution in [1.82, 2.24) is 0 Å². The zero-order chi connectivity index (χ0) is 11.7. The third-order valence-corrected chi connectivity index (χ3v) is 3.86. The summed E-state index contributed by atoms with van der Waals surface area (Å²) in [6, 6.07) is 6.93. The van der Waals surface area contributed by atoms with Crippen LogP contribution < -0.4 is 0 Å². The van der Waals surface area contributed by atoms with Gasteiger partial charge in [-0.1, -0.05) is 39.0 Å². The molecule has 0 aromatic heterocycles. The third-order valence-electron chi connectivity index (χ3n) is 3.86. The summed E-state index contributed by atoms with van der Waals surface area (Å²) < 4.78 is 0. The summed E-state index contributed by atoms with van der Waals surface area (Å²) >= 11 is 0. The molecule has 1 aliphatic carbocycles. The lowest BCUT2D eigenvalue weighted by Crippen LogP contribution is -1.98. The van der Waals surface area contributed by atoms with E-state index in [0.717, 1.165) is 6.42 Å². The fourth-order valence-corrected chi connectivity index (χ4v) is 2.86. The molecule has 88 valence electrons. The Kier molecular flexibility index (Phi) is 3.34. The minimum atomic E-state index is 0.308. The van der Waals surface area contributed by atoms with E-state index in [0.29, 0.717) is 24.4 Å². The predicted molar refractivity (Wildman–Crippen MR) is 68.0 cm³/mol. The van der Waals surface area contributed by atoms with Crippen molar-refractivity contribution in [3.8, 4) is 0 Å². The molecule has 0 saturated heterocycles. The Bertz CT molecular complexity index is 368. The highest BCUT2D eigenvalue weighted by atomic mass is 16.3. The Morgan fingerprint density at radius 1 is 1.31 bits per heavy atom. The molecule has 0 aliphatic heterocycles. The summed E-state index contributed by atoms with van der Waals surface area (Å²) in [4.78, 5) is 0. The van der Waals surface area contributed by atoms with Crippen molar-refractivity contribution in [3.63, 3.8) is 0 Å². The van der Waals surface area contributed by atoms with Crippen LogP contribution in [0.3, 0.4) is 0 Å². The number of benzene rings is 1. The second-order valence-corrected chi connectivity index (χ2v) is 5.39. The molecule has 16 heavy (non-hydrogen) atoms. The number of rotatable bonds is 3. The van der Waals surface area contributed by atoms with Gasteiger partial charge in [0.05, 0.1) is 0 Å². The Morgan fingerprint density at radius 3 is 2.69 bits per heavy atom. The number of hydrogen-bond acceptors (Lipinski definition) is 1. The molecule has 0 fully saturated rings. The Labute approximate surface area is 98.5 Å². The molecular formula is C15H22O. The molecule has 0 amide bonds. The lowest BCUT2D eigenvalue weighted by molar-refractivity contribution is 0.274. The van der Waals surface area contributed by atoms with Crippen molar-refractivity contribution >= 4 is 0 Å². The van der Waals surface area contributed by atoms with E-state index in [9.17, 15) is 0 Å². The van der Waals surface area contributed by atoms with Crippen LogP contribution in [0.15, 0.2) is 18.2 Å². The van der Waals surface area contributed by atoms with E-state index in [1.807, 2.05) is 0 Å². The van der Waals surface area contributed by atoms with Gasteiger partial charge in [0.1, 0.15) is 0 Å². The van der Waals surface area contributed by atoms with E-state index in [2.05, 4.69) is 39.0 Å². The number of aliphatic hydroxyl groups excluding tert-OH is 1. The van der Waals surface area contributed by atoms with Gasteiger partial charge in [-0.2, -0.15) is 0 Å². The van der Waals surface area contributed by atoms with E-state index in [-0.39, 0.29) is 0 Å². The van der Waals surface area contributed by atoms with Crippen LogP contribution >= 0.6 is 0 Å². The van der Waals surface area contributed by atoms with Gasteiger partial charge in [-0.15, -0.1) is 0 Å². The Morgan fingerprint density at radius 2 is 2.06 bits per heavy atom. The molecule has 2 atom stereocenters. The van der Waals surface area contributed by atoms with E-state index >= 15 is 0 Å². The molecule has 1 aliphatic rings. The highest BCUT2D eigenvalue weighted by molar-refractivity contribution is 5.41. The first-order valence-corrected chi connectivity index (χ1v) is 6.38. The van der Waals surface area contributed by atoms with Crippen molar-refractivity contribution in [2.45, 2.75) is 51.4 Å². The van der Waals surface area contributed by atoms with Crippen LogP contribution in [-0.2, 0) is 0 Å². The first-order chi connectivity index (χ1) is 7.63. The highest BCUT2D eigenvalue weighted by Gasteiger charge is 2.27. The van der Waals surface area contributed by atoms with Crippen molar-refractivity contribution < 1.29 is 5.11 Å². The van der Waals surface area contributed by atoms with Crippen molar-refractivity contribution in [2.75, 3.05) is 6.61 Å². The maximum Gasteiger partial charge on any atom is 0.0436 e. The molecule has 2 rings (SSSR count). The standard InChI is InChI=1S/C15H22O/c1-10(2)12-4-5-14-11(3)8-13(6-7-16)15(14)9-12/h4-5,9-11,13,16H,6-8H2,1-3H3.